The van der Waals surface area contributed by atoms with Crippen LogP contribution in [0.25, 0.3) is 0 Å². The number of nitrogens with zero attached hydrogens (tertiary/aromatic N) is 1. The van der Waals surface area contributed by atoms with E-state index in [2.05, 4.69) is 23.2 Å². The lowest BCUT2D eigenvalue weighted by Crippen LogP contribution is -2.59. The zero-order chi connectivity index (χ0) is 17.0. The molecule has 0 fully saturated rings. The van der Waals surface area contributed by atoms with Gasteiger partial charge in [-0.25, -0.2) is 0 Å². The van der Waals surface area contributed by atoms with E-state index >= 15 is 0 Å². The maximum atomic E-state index is 6.27. The third-order valence-corrected chi connectivity index (χ3v) is 4.99. The molecule has 7 heteroatoms. The highest BCUT2D eigenvalue weighted by Crippen LogP contribution is 2.31. The van der Waals surface area contributed by atoms with Gasteiger partial charge in [-0.2, -0.15) is 0 Å². The van der Waals surface area contributed by atoms with E-state index in [9.17, 15) is 0 Å². The van der Waals surface area contributed by atoms with Gasteiger partial charge in [0.15, 0.2) is 5.11 Å². The maximum absolute atomic E-state index is 6.27. The molecule has 2 rings (SSSR count). The van der Waals surface area contributed by atoms with Crippen LogP contribution in [0.2, 0.25) is 15.1 Å². The Balaban J connectivity index is 2.19. The summed E-state index contributed by atoms with van der Waals surface area (Å²) in [5, 5.41) is 5.02. The molecule has 1 aromatic rings. The fourth-order valence-electron chi connectivity index (χ4n) is 2.64. The van der Waals surface area contributed by atoms with E-state index in [1.165, 1.54) is 0 Å². The molecule has 1 aliphatic rings. The van der Waals surface area contributed by atoms with E-state index in [0.29, 0.717) is 28.0 Å². The van der Waals surface area contributed by atoms with Gasteiger partial charge in [0.2, 0.25) is 0 Å². The predicted octanol–water partition coefficient (Wildman–Crippen LogP) is 4.51. The first-order valence-electron chi connectivity index (χ1n) is 7.22. The summed E-state index contributed by atoms with van der Waals surface area (Å²) < 4.78 is 0. The summed E-state index contributed by atoms with van der Waals surface area (Å²) in [4.78, 5) is 2.15. The first-order valence-corrected chi connectivity index (χ1v) is 8.76. The monoisotopic (exact) mass is 389 g/mol. The lowest BCUT2D eigenvalue weighted by atomic mass is 10.0. The van der Waals surface area contributed by atoms with Crippen LogP contribution in [0.3, 0.4) is 0 Å². The smallest absolute Gasteiger partial charge is 0.165 e. The Bertz CT molecular complexity index is 660. The fraction of sp³-hybridized carbons (Fsp3) is 0.312. The predicted molar refractivity (Wildman–Crippen MR) is 103 cm³/mol. The van der Waals surface area contributed by atoms with Crippen LogP contribution in [0, 0.1) is 0 Å². The van der Waals surface area contributed by atoms with Gasteiger partial charge in [-0.05, 0) is 54.9 Å². The average molecular weight is 391 g/mol. The van der Waals surface area contributed by atoms with Crippen molar-refractivity contribution in [3.05, 3.63) is 57.2 Å². The van der Waals surface area contributed by atoms with Crippen LogP contribution in [-0.2, 0) is 6.42 Å². The average Bonchev–Trinajstić information content (AvgIpc) is 2.50. The summed E-state index contributed by atoms with van der Waals surface area (Å²) in [6.07, 6.45) is 9.51. The Hall–Kier alpha value is -0.940. The molecule has 0 aliphatic carbocycles. The molecule has 0 bridgehead atoms. The SMILES string of the molecule is CCC1(NC(N)=S)C=CC=CN1CCc1cc(Cl)cc(Cl)c1Cl. The number of halogens is 3. The molecule has 1 aliphatic heterocycles. The van der Waals surface area contributed by atoms with Crippen LogP contribution in [0.4, 0.5) is 0 Å². The van der Waals surface area contributed by atoms with E-state index in [4.69, 9.17) is 52.8 Å². The normalized spacial score (nSPS) is 19.9. The molecule has 124 valence electrons. The third kappa shape index (κ3) is 4.32. The van der Waals surface area contributed by atoms with Gasteiger partial charge >= 0.3 is 0 Å². The van der Waals surface area contributed by atoms with Gasteiger partial charge in [0.05, 0.1) is 10.0 Å². The first-order chi connectivity index (χ1) is 10.9. The number of thiocarbonyl (C=S) groups is 1. The molecule has 3 nitrogen and oxygen atoms in total. The van der Waals surface area contributed by atoms with Gasteiger partial charge in [-0.1, -0.05) is 47.8 Å². The Labute approximate surface area is 157 Å². The van der Waals surface area contributed by atoms with Crippen molar-refractivity contribution in [3.63, 3.8) is 0 Å². The van der Waals surface area contributed by atoms with E-state index in [1.54, 1.807) is 6.07 Å². The van der Waals surface area contributed by atoms with Crippen LogP contribution in [0.15, 0.2) is 36.6 Å². The van der Waals surface area contributed by atoms with E-state index in [1.807, 2.05) is 24.4 Å². The Morgan fingerprint density at radius 3 is 2.70 bits per heavy atom. The van der Waals surface area contributed by atoms with Crippen LogP contribution in [-0.4, -0.2) is 22.2 Å². The molecule has 1 heterocycles. The van der Waals surface area contributed by atoms with Crippen molar-refractivity contribution in [2.75, 3.05) is 6.54 Å². The summed E-state index contributed by atoms with van der Waals surface area (Å²) in [7, 11) is 0. The van der Waals surface area contributed by atoms with Crippen molar-refractivity contribution in [2.24, 2.45) is 5.73 Å². The molecule has 0 saturated carbocycles. The van der Waals surface area contributed by atoms with Gasteiger partial charge in [0.25, 0.3) is 0 Å². The van der Waals surface area contributed by atoms with Crippen molar-refractivity contribution < 1.29 is 0 Å². The van der Waals surface area contributed by atoms with Gasteiger partial charge in [-0.3, -0.25) is 0 Å². The highest BCUT2D eigenvalue weighted by Gasteiger charge is 2.32. The minimum absolute atomic E-state index is 0.264. The molecule has 1 atom stereocenters. The fourth-order valence-corrected chi connectivity index (χ4v) is 3.56. The molecule has 0 radical (unpaired) electrons. The van der Waals surface area contributed by atoms with Gasteiger partial charge in [0.1, 0.15) is 5.66 Å². The number of nitrogens with two attached hydrogens (primary N) is 1. The van der Waals surface area contributed by atoms with E-state index in [-0.39, 0.29) is 5.11 Å². The van der Waals surface area contributed by atoms with Gasteiger partial charge < -0.3 is 16.0 Å². The highest BCUT2D eigenvalue weighted by atomic mass is 35.5. The number of benzene rings is 1. The molecule has 23 heavy (non-hydrogen) atoms. The Kier molecular flexibility index (Phi) is 6.20. The number of hydrogen-bond acceptors (Lipinski definition) is 2. The summed E-state index contributed by atoms with van der Waals surface area (Å²) in [6, 6.07) is 3.48. The molecule has 1 aromatic carbocycles. The molecule has 1 unspecified atom stereocenters. The van der Waals surface area contributed by atoms with Crippen molar-refractivity contribution in [2.45, 2.75) is 25.4 Å². The van der Waals surface area contributed by atoms with Gasteiger partial charge in [0, 0.05) is 17.8 Å². The second-order valence-corrected chi connectivity index (χ2v) is 6.93. The van der Waals surface area contributed by atoms with Crippen LogP contribution < -0.4 is 11.1 Å². The van der Waals surface area contributed by atoms with Crippen molar-refractivity contribution in [3.8, 4) is 0 Å². The Morgan fingerprint density at radius 1 is 1.30 bits per heavy atom. The third-order valence-electron chi connectivity index (χ3n) is 3.83. The molecule has 0 amide bonds. The standard InChI is InChI=1S/C16H18Cl3N3S/c1-2-16(21-15(20)23)6-3-4-7-22(16)8-5-11-9-12(17)10-13(18)14(11)19/h3-4,6-7,9-10H,2,5,8H2,1H3,(H3,20,21,23). The summed E-state index contributed by atoms with van der Waals surface area (Å²) in [5.41, 5.74) is 6.17. The molecule has 0 aromatic heterocycles. The van der Waals surface area contributed by atoms with Crippen LogP contribution in [0.5, 0.6) is 0 Å². The van der Waals surface area contributed by atoms with Crippen molar-refractivity contribution >= 4 is 52.1 Å². The quantitative estimate of drug-likeness (QED) is 0.573. The summed E-state index contributed by atoms with van der Waals surface area (Å²) in [5.74, 6) is 0. The molecule has 0 spiro atoms. The lowest BCUT2D eigenvalue weighted by molar-refractivity contribution is 0.171. The lowest BCUT2D eigenvalue weighted by Gasteiger charge is -2.43. The molecular weight excluding hydrogens is 373 g/mol. The number of hydrogen-bond donors (Lipinski definition) is 2. The van der Waals surface area contributed by atoms with Crippen molar-refractivity contribution in [1.82, 2.24) is 10.2 Å². The topological polar surface area (TPSA) is 41.3 Å². The minimum atomic E-state index is -0.435. The Morgan fingerprint density at radius 2 is 2.04 bits per heavy atom. The summed E-state index contributed by atoms with van der Waals surface area (Å²) in [6.45, 7) is 2.78. The number of nitrogens with one attached hydrogen (secondary N) is 1. The largest absolute Gasteiger partial charge is 0.376 e. The molecular formula is C16H18Cl3N3S. The second kappa shape index (κ2) is 7.75. The zero-order valence-electron chi connectivity index (χ0n) is 12.7. The molecule has 0 saturated heterocycles. The maximum Gasteiger partial charge on any atom is 0.165 e. The minimum Gasteiger partial charge on any atom is -0.376 e. The molecule has 3 N–H and O–H groups in total. The number of allylic oxidation sites excluding steroid dienone is 2. The van der Waals surface area contributed by atoms with Crippen LogP contribution in [0.1, 0.15) is 18.9 Å². The zero-order valence-corrected chi connectivity index (χ0v) is 15.7. The van der Waals surface area contributed by atoms with Crippen molar-refractivity contribution in [1.29, 1.82) is 0 Å². The highest BCUT2D eigenvalue weighted by molar-refractivity contribution is 7.80. The first kappa shape index (κ1) is 18.4. The van der Waals surface area contributed by atoms with E-state index in [0.717, 1.165) is 12.0 Å². The summed E-state index contributed by atoms with van der Waals surface area (Å²) >= 11 is 23.5. The number of rotatable bonds is 5. The van der Waals surface area contributed by atoms with Crippen LogP contribution >= 0.6 is 47.0 Å². The second-order valence-electron chi connectivity index (χ2n) is 5.27. The van der Waals surface area contributed by atoms with Gasteiger partial charge in [-0.15, -0.1) is 0 Å². The van der Waals surface area contributed by atoms with E-state index < -0.39 is 5.66 Å².